The van der Waals surface area contributed by atoms with Crippen molar-refractivity contribution in [2.45, 2.75) is 77.2 Å². The summed E-state index contributed by atoms with van der Waals surface area (Å²) in [5.41, 5.74) is -2.57. The van der Waals surface area contributed by atoms with Gasteiger partial charge in [-0.05, 0) is 39.5 Å². The molecule has 6 unspecified atom stereocenters. The van der Waals surface area contributed by atoms with Gasteiger partial charge in [-0.15, -0.1) is 0 Å². The first-order valence-electron chi connectivity index (χ1n) is 9.36. The van der Waals surface area contributed by atoms with Gasteiger partial charge in [-0.25, -0.2) is 0 Å². The van der Waals surface area contributed by atoms with Crippen LogP contribution in [0.15, 0.2) is 0 Å². The average Bonchev–Trinajstić information content (AvgIpc) is 3.00. The summed E-state index contributed by atoms with van der Waals surface area (Å²) in [4.78, 5) is 12.8. The first-order valence-corrected chi connectivity index (χ1v) is 10.5. The lowest BCUT2D eigenvalue weighted by Gasteiger charge is -2.52. The highest BCUT2D eigenvalue weighted by molar-refractivity contribution is 9.09. The van der Waals surface area contributed by atoms with Gasteiger partial charge in [-0.2, -0.15) is 0 Å². The van der Waals surface area contributed by atoms with E-state index in [1.165, 1.54) is 0 Å². The topological polar surface area (TPSA) is 65.0 Å². The smallest absolute Gasteiger partial charge is 0.313 e. The molecule has 6 heteroatoms. The summed E-state index contributed by atoms with van der Waals surface area (Å²) in [6.07, 6.45) is 0.446. The van der Waals surface area contributed by atoms with Crippen molar-refractivity contribution in [3.63, 3.8) is 0 Å². The Morgan fingerprint density at radius 3 is 2.56 bits per heavy atom. The minimum Gasteiger partial charge on any atom is -0.461 e. The SMILES string of the molecule is CC1O[C@@H](O)C2(C)C1[C@@](C)(CBr)OC21C[C@H]2C[C@]23C(=O)OC(C)C13C. The number of carbonyl (C=O) groups excluding carboxylic acids is 1. The predicted octanol–water partition coefficient (Wildman–Crippen LogP) is 2.63. The molecule has 5 nitrogen and oxygen atoms in total. The van der Waals surface area contributed by atoms with Crippen LogP contribution in [0.5, 0.6) is 0 Å². The molecular formula is C19H27BrO5. The van der Waals surface area contributed by atoms with Crippen LogP contribution >= 0.6 is 15.9 Å². The predicted molar refractivity (Wildman–Crippen MR) is 93.0 cm³/mol. The molecule has 5 fully saturated rings. The van der Waals surface area contributed by atoms with Crippen molar-refractivity contribution < 1.29 is 24.1 Å². The first kappa shape index (κ1) is 17.0. The van der Waals surface area contributed by atoms with Gasteiger partial charge in [0.1, 0.15) is 6.10 Å². The number of hydrogen-bond donors (Lipinski definition) is 1. The van der Waals surface area contributed by atoms with E-state index >= 15 is 0 Å². The summed E-state index contributed by atoms with van der Waals surface area (Å²) in [5, 5.41) is 11.7. The van der Waals surface area contributed by atoms with Gasteiger partial charge in [0.2, 0.25) is 0 Å². The highest BCUT2D eigenvalue weighted by Gasteiger charge is 2.93. The van der Waals surface area contributed by atoms with E-state index in [1.807, 2.05) is 13.8 Å². The van der Waals surface area contributed by atoms with Gasteiger partial charge >= 0.3 is 5.97 Å². The van der Waals surface area contributed by atoms with Crippen LogP contribution in [0, 0.1) is 28.1 Å². The van der Waals surface area contributed by atoms with Crippen LogP contribution in [-0.4, -0.2) is 46.1 Å². The summed E-state index contributed by atoms with van der Waals surface area (Å²) in [5.74, 6) is 0.263. The zero-order valence-corrected chi connectivity index (χ0v) is 17.1. The molecule has 2 saturated carbocycles. The van der Waals surface area contributed by atoms with Crippen LogP contribution in [0.2, 0.25) is 0 Å². The van der Waals surface area contributed by atoms with Gasteiger partial charge in [0, 0.05) is 11.2 Å². The lowest BCUT2D eigenvalue weighted by atomic mass is 9.52. The Morgan fingerprint density at radius 2 is 1.92 bits per heavy atom. The van der Waals surface area contributed by atoms with Crippen LogP contribution in [0.25, 0.3) is 0 Å². The lowest BCUT2D eigenvalue weighted by Crippen LogP contribution is -2.62. The Bertz CT molecular complexity index is 685. The van der Waals surface area contributed by atoms with Crippen LogP contribution in [-0.2, 0) is 19.0 Å². The van der Waals surface area contributed by atoms with Gasteiger partial charge < -0.3 is 19.3 Å². The monoisotopic (exact) mass is 414 g/mol. The van der Waals surface area contributed by atoms with Gasteiger partial charge in [0.05, 0.1) is 33.6 Å². The number of carbonyl (C=O) groups is 1. The fourth-order valence-corrected chi connectivity index (χ4v) is 8.39. The zero-order chi connectivity index (χ0) is 18.2. The number of aliphatic hydroxyl groups excluding tert-OH is 1. The van der Waals surface area contributed by atoms with Crippen molar-refractivity contribution in [2.24, 2.45) is 28.1 Å². The highest BCUT2D eigenvalue weighted by atomic mass is 79.9. The third-order valence-electron chi connectivity index (χ3n) is 9.04. The van der Waals surface area contributed by atoms with Gasteiger partial charge in [-0.1, -0.05) is 29.8 Å². The van der Waals surface area contributed by atoms with E-state index in [9.17, 15) is 9.90 Å². The van der Waals surface area contributed by atoms with Crippen LogP contribution < -0.4 is 0 Å². The van der Waals surface area contributed by atoms with E-state index in [0.29, 0.717) is 5.33 Å². The molecule has 3 heterocycles. The summed E-state index contributed by atoms with van der Waals surface area (Å²) in [6.45, 7) is 10.4. The Morgan fingerprint density at radius 1 is 1.24 bits per heavy atom. The first-order chi connectivity index (χ1) is 11.5. The molecule has 0 aromatic rings. The fraction of sp³-hybridized carbons (Fsp3) is 0.947. The molecule has 0 aromatic heterocycles. The minimum absolute atomic E-state index is 0.0450. The van der Waals surface area contributed by atoms with Gasteiger partial charge in [0.25, 0.3) is 0 Å². The van der Waals surface area contributed by atoms with Gasteiger partial charge in [-0.3, -0.25) is 4.79 Å². The molecule has 10 atom stereocenters. The standard InChI is InChI=1S/C19H27BrO5/c1-9-12-15(3,8-20)25-19(16(12,4)13(21)23-9)7-11-6-18(11)14(22)24-10(2)17(18,19)5/h9-13,21H,6-8H2,1-5H3/t9?,10?,11-,12?,13-,15-,16?,17?,18-,19?/m1/s1. The minimum atomic E-state index is -0.900. The number of aliphatic hydroxyl groups is 1. The molecule has 3 saturated heterocycles. The normalized spacial score (nSPS) is 67.3. The van der Waals surface area contributed by atoms with Crippen molar-refractivity contribution in [1.82, 2.24) is 0 Å². The van der Waals surface area contributed by atoms with Crippen LogP contribution in [0.4, 0.5) is 0 Å². The molecule has 140 valence electrons. The maximum Gasteiger partial charge on any atom is 0.313 e. The van der Waals surface area contributed by atoms with E-state index in [1.54, 1.807) is 0 Å². The molecule has 1 N–H and O–H groups in total. The molecule has 0 amide bonds. The van der Waals surface area contributed by atoms with E-state index in [4.69, 9.17) is 14.2 Å². The van der Waals surface area contributed by atoms with E-state index in [-0.39, 0.29) is 30.0 Å². The summed E-state index contributed by atoms with van der Waals surface area (Å²) >= 11 is 3.65. The molecule has 5 rings (SSSR count). The number of rotatable bonds is 1. The molecule has 0 bridgehead atoms. The Balaban J connectivity index is 1.76. The van der Waals surface area contributed by atoms with Gasteiger partial charge in [0.15, 0.2) is 6.29 Å². The third kappa shape index (κ3) is 1.35. The Hall–Kier alpha value is -0.170. The van der Waals surface area contributed by atoms with E-state index in [0.717, 1.165) is 12.8 Å². The van der Waals surface area contributed by atoms with Crippen molar-refractivity contribution in [2.75, 3.05) is 5.33 Å². The van der Waals surface area contributed by atoms with Crippen molar-refractivity contribution >= 4 is 21.9 Å². The number of alkyl halides is 1. The average molecular weight is 415 g/mol. The second-order valence-corrected chi connectivity index (χ2v) is 10.2. The van der Waals surface area contributed by atoms with Crippen molar-refractivity contribution in [3.8, 4) is 0 Å². The lowest BCUT2D eigenvalue weighted by molar-refractivity contribution is -0.250. The largest absolute Gasteiger partial charge is 0.461 e. The zero-order valence-electron chi connectivity index (χ0n) is 15.5. The fourth-order valence-electron chi connectivity index (χ4n) is 7.92. The van der Waals surface area contributed by atoms with Crippen molar-refractivity contribution in [3.05, 3.63) is 0 Å². The van der Waals surface area contributed by atoms with E-state index in [2.05, 4.69) is 36.7 Å². The molecular weight excluding hydrogens is 388 g/mol. The van der Waals surface area contributed by atoms with E-state index < -0.39 is 33.7 Å². The number of cyclic esters (lactones) is 1. The molecule has 2 spiro atoms. The Labute approximate surface area is 156 Å². The second-order valence-electron chi connectivity index (χ2n) is 9.66. The van der Waals surface area contributed by atoms with Crippen LogP contribution in [0.3, 0.4) is 0 Å². The molecule has 25 heavy (non-hydrogen) atoms. The molecule has 0 radical (unpaired) electrons. The Kier molecular flexibility index (Phi) is 2.91. The molecule has 3 aliphatic heterocycles. The van der Waals surface area contributed by atoms with Crippen LogP contribution in [0.1, 0.15) is 47.5 Å². The van der Waals surface area contributed by atoms with Crippen molar-refractivity contribution in [1.29, 1.82) is 0 Å². The summed E-state index contributed by atoms with van der Waals surface area (Å²) in [6, 6.07) is 0. The molecule has 5 aliphatic rings. The third-order valence-corrected chi connectivity index (χ3v) is 10.2. The highest BCUT2D eigenvalue weighted by Crippen LogP contribution is 2.86. The number of halogens is 1. The number of esters is 1. The summed E-state index contributed by atoms with van der Waals surface area (Å²) in [7, 11) is 0. The quantitative estimate of drug-likeness (QED) is 0.527. The number of fused-ring (bicyclic) bond motifs is 3. The second kappa shape index (κ2) is 4.29. The molecule has 2 aliphatic carbocycles. The number of ether oxygens (including phenoxy) is 3. The number of hydrogen-bond acceptors (Lipinski definition) is 5. The maximum absolute atomic E-state index is 12.8. The maximum atomic E-state index is 12.8. The molecule has 0 aromatic carbocycles. The summed E-state index contributed by atoms with van der Waals surface area (Å²) < 4.78 is 18.7.